The molecule has 0 spiro atoms. The Morgan fingerprint density at radius 3 is 2.40 bits per heavy atom. The number of imide groups is 1. The topological polar surface area (TPSA) is 101 Å². The second-order valence-electron chi connectivity index (χ2n) is 7.25. The Morgan fingerprint density at radius 1 is 1.10 bits per heavy atom. The van der Waals surface area contributed by atoms with Gasteiger partial charge in [0.05, 0.1) is 19.2 Å². The zero-order chi connectivity index (χ0) is 21.3. The van der Waals surface area contributed by atoms with E-state index < -0.39 is 0 Å². The molecule has 3 heterocycles. The lowest BCUT2D eigenvalue weighted by molar-refractivity contribution is -0.127. The standard InChI is InChI=1S/C21H22N4O5/c1-30-17-11-18(26)24(14-5-3-2-4-6-14)13-16(17)20(28)23-9-7-15(8-10-23)25-19(27)12-22-21(25)29/h2-6,11,13,15H,7-10,12H2,1H3,(H,22,29). The van der Waals surface area contributed by atoms with Gasteiger partial charge in [-0.05, 0) is 25.0 Å². The molecule has 2 aromatic rings. The summed E-state index contributed by atoms with van der Waals surface area (Å²) in [6.45, 7) is 0.818. The van der Waals surface area contributed by atoms with Gasteiger partial charge in [0.25, 0.3) is 11.5 Å². The van der Waals surface area contributed by atoms with Crippen molar-refractivity contribution in [1.29, 1.82) is 0 Å². The van der Waals surface area contributed by atoms with E-state index in [2.05, 4.69) is 5.32 Å². The molecule has 0 radical (unpaired) electrons. The van der Waals surface area contributed by atoms with Gasteiger partial charge in [-0.25, -0.2) is 4.79 Å². The summed E-state index contributed by atoms with van der Waals surface area (Å²) in [7, 11) is 1.42. The number of piperidine rings is 1. The van der Waals surface area contributed by atoms with Crippen molar-refractivity contribution in [3.63, 3.8) is 0 Å². The summed E-state index contributed by atoms with van der Waals surface area (Å²) in [5.74, 6) is -0.276. The lowest BCUT2D eigenvalue weighted by atomic mass is 10.0. The molecule has 0 bridgehead atoms. The highest BCUT2D eigenvalue weighted by Crippen LogP contribution is 2.24. The van der Waals surface area contributed by atoms with Gasteiger partial charge in [-0.15, -0.1) is 0 Å². The van der Waals surface area contributed by atoms with E-state index in [1.165, 1.54) is 28.8 Å². The number of urea groups is 1. The molecule has 0 unspecified atom stereocenters. The highest BCUT2D eigenvalue weighted by Gasteiger charge is 2.37. The number of pyridine rings is 1. The van der Waals surface area contributed by atoms with Gasteiger partial charge in [-0.3, -0.25) is 23.9 Å². The van der Waals surface area contributed by atoms with Gasteiger partial charge in [-0.1, -0.05) is 18.2 Å². The van der Waals surface area contributed by atoms with Gasteiger partial charge in [0, 0.05) is 37.1 Å². The Balaban J connectivity index is 1.56. The van der Waals surface area contributed by atoms with Gasteiger partial charge in [0.1, 0.15) is 5.75 Å². The number of carbonyl (C=O) groups is 3. The average molecular weight is 410 g/mol. The summed E-state index contributed by atoms with van der Waals surface area (Å²) in [4.78, 5) is 52.4. The van der Waals surface area contributed by atoms with Crippen molar-refractivity contribution >= 4 is 17.8 Å². The molecule has 2 aliphatic heterocycles. The van der Waals surface area contributed by atoms with Crippen LogP contribution >= 0.6 is 0 Å². The van der Waals surface area contributed by atoms with Gasteiger partial charge in [0.2, 0.25) is 5.91 Å². The zero-order valence-electron chi connectivity index (χ0n) is 16.5. The van der Waals surface area contributed by atoms with E-state index in [9.17, 15) is 19.2 Å². The number of likely N-dealkylation sites (tertiary alicyclic amines) is 1. The van der Waals surface area contributed by atoms with Crippen LogP contribution in [0.5, 0.6) is 5.75 Å². The number of hydrogen-bond donors (Lipinski definition) is 1. The van der Waals surface area contributed by atoms with Crippen LogP contribution in [0, 0.1) is 0 Å². The summed E-state index contributed by atoms with van der Waals surface area (Å²) < 4.78 is 6.71. The van der Waals surface area contributed by atoms with Crippen LogP contribution in [-0.4, -0.2) is 65.0 Å². The summed E-state index contributed by atoms with van der Waals surface area (Å²) in [6.07, 6.45) is 2.51. The third-order valence-electron chi connectivity index (χ3n) is 5.50. The molecule has 9 heteroatoms. The van der Waals surface area contributed by atoms with E-state index in [0.717, 1.165) is 0 Å². The van der Waals surface area contributed by atoms with E-state index in [0.29, 0.717) is 31.6 Å². The minimum Gasteiger partial charge on any atom is -0.496 e. The number of carbonyl (C=O) groups excluding carboxylic acids is 3. The van der Waals surface area contributed by atoms with Crippen molar-refractivity contribution in [2.24, 2.45) is 0 Å². The number of methoxy groups -OCH3 is 1. The van der Waals surface area contributed by atoms with E-state index in [1.807, 2.05) is 18.2 Å². The molecule has 2 fully saturated rings. The number of para-hydroxylation sites is 1. The second-order valence-corrected chi connectivity index (χ2v) is 7.25. The third-order valence-corrected chi connectivity index (χ3v) is 5.50. The Hall–Kier alpha value is -3.62. The summed E-state index contributed by atoms with van der Waals surface area (Å²) in [6, 6.07) is 9.75. The normalized spacial score (nSPS) is 17.2. The molecule has 4 rings (SSSR count). The van der Waals surface area contributed by atoms with Gasteiger partial charge < -0.3 is 15.0 Å². The monoisotopic (exact) mass is 410 g/mol. The first-order valence-electron chi connectivity index (χ1n) is 9.75. The van der Waals surface area contributed by atoms with Crippen molar-refractivity contribution < 1.29 is 19.1 Å². The summed E-state index contributed by atoms with van der Waals surface area (Å²) in [5.41, 5.74) is 0.637. The highest BCUT2D eigenvalue weighted by molar-refractivity contribution is 6.02. The first-order chi connectivity index (χ1) is 14.5. The molecular formula is C21H22N4O5. The Labute approximate surface area is 172 Å². The SMILES string of the molecule is COc1cc(=O)n(-c2ccccc2)cc1C(=O)N1CCC(N2C(=O)CNC2=O)CC1. The van der Waals surface area contributed by atoms with Crippen LogP contribution in [0.15, 0.2) is 47.4 Å². The number of amides is 4. The number of hydrogen-bond acceptors (Lipinski definition) is 5. The molecule has 0 saturated carbocycles. The van der Waals surface area contributed by atoms with Crippen LogP contribution in [0.25, 0.3) is 5.69 Å². The number of benzene rings is 1. The molecule has 30 heavy (non-hydrogen) atoms. The van der Waals surface area contributed by atoms with Gasteiger partial charge >= 0.3 is 6.03 Å². The molecule has 9 nitrogen and oxygen atoms in total. The molecule has 1 aromatic carbocycles. The van der Waals surface area contributed by atoms with Crippen LogP contribution in [0.4, 0.5) is 4.79 Å². The third kappa shape index (κ3) is 3.54. The molecular weight excluding hydrogens is 388 g/mol. The minimum atomic E-state index is -0.374. The smallest absolute Gasteiger partial charge is 0.324 e. The number of nitrogens with zero attached hydrogens (tertiary/aromatic N) is 3. The largest absolute Gasteiger partial charge is 0.496 e. The maximum Gasteiger partial charge on any atom is 0.324 e. The maximum absolute atomic E-state index is 13.2. The molecule has 0 aliphatic carbocycles. The van der Waals surface area contributed by atoms with Crippen molar-refractivity contribution in [1.82, 2.24) is 19.7 Å². The Kier molecular flexibility index (Phi) is 5.26. The fraction of sp³-hybridized carbons (Fsp3) is 0.333. The fourth-order valence-electron chi connectivity index (χ4n) is 3.94. The molecule has 1 aromatic heterocycles. The van der Waals surface area contributed by atoms with E-state index in [4.69, 9.17) is 4.74 Å². The summed E-state index contributed by atoms with van der Waals surface area (Å²) in [5, 5.41) is 2.53. The predicted octanol–water partition coefficient (Wildman–Crippen LogP) is 1.00. The molecule has 156 valence electrons. The first-order valence-corrected chi connectivity index (χ1v) is 9.75. The number of ether oxygens (including phenoxy) is 1. The maximum atomic E-state index is 13.2. The van der Waals surface area contributed by atoms with E-state index >= 15 is 0 Å². The van der Waals surface area contributed by atoms with E-state index in [1.54, 1.807) is 17.0 Å². The molecule has 2 saturated heterocycles. The van der Waals surface area contributed by atoms with Gasteiger partial charge in [-0.2, -0.15) is 0 Å². The number of aromatic nitrogens is 1. The van der Waals surface area contributed by atoms with Crippen molar-refractivity contribution in [2.75, 3.05) is 26.7 Å². The van der Waals surface area contributed by atoms with E-state index in [-0.39, 0.29) is 47.3 Å². The van der Waals surface area contributed by atoms with Crippen molar-refractivity contribution in [3.05, 3.63) is 58.5 Å². The first kappa shape index (κ1) is 19.7. The lowest BCUT2D eigenvalue weighted by Crippen LogP contribution is -2.49. The van der Waals surface area contributed by atoms with Crippen LogP contribution in [0.1, 0.15) is 23.2 Å². The highest BCUT2D eigenvalue weighted by atomic mass is 16.5. The van der Waals surface area contributed by atoms with Crippen LogP contribution < -0.4 is 15.6 Å². The molecule has 0 atom stereocenters. The Morgan fingerprint density at radius 2 is 1.80 bits per heavy atom. The summed E-state index contributed by atoms with van der Waals surface area (Å²) >= 11 is 0. The quantitative estimate of drug-likeness (QED) is 0.758. The zero-order valence-corrected chi connectivity index (χ0v) is 16.5. The minimum absolute atomic E-state index is 0.0240. The van der Waals surface area contributed by atoms with Gasteiger partial charge in [0.15, 0.2) is 0 Å². The average Bonchev–Trinajstić information content (AvgIpc) is 3.11. The van der Waals surface area contributed by atoms with Crippen LogP contribution in [0.3, 0.4) is 0 Å². The number of nitrogens with one attached hydrogen (secondary N) is 1. The molecule has 1 N–H and O–H groups in total. The van der Waals surface area contributed by atoms with Crippen LogP contribution in [0.2, 0.25) is 0 Å². The van der Waals surface area contributed by atoms with Crippen LogP contribution in [-0.2, 0) is 4.79 Å². The fourth-order valence-corrected chi connectivity index (χ4v) is 3.94. The van der Waals surface area contributed by atoms with Crippen molar-refractivity contribution in [3.8, 4) is 11.4 Å². The lowest BCUT2D eigenvalue weighted by Gasteiger charge is -2.35. The number of rotatable bonds is 4. The molecule has 4 amide bonds. The molecule has 2 aliphatic rings. The second kappa shape index (κ2) is 8.02. The Bertz CT molecular complexity index is 1030. The predicted molar refractivity (Wildman–Crippen MR) is 108 cm³/mol. The van der Waals surface area contributed by atoms with Crippen molar-refractivity contribution in [2.45, 2.75) is 18.9 Å².